The standard InChI is InChI=1S/C13H11NO4S/c15-14(16)13-9-5-4-6-11(13)10-18-19(17)12-7-2-1-3-8-12/h1-9H,10H2. The smallest absolute Gasteiger partial charge is 0.274 e. The molecule has 19 heavy (non-hydrogen) atoms. The average Bonchev–Trinajstić information content (AvgIpc) is 2.46. The van der Waals surface area contributed by atoms with Crippen molar-refractivity contribution in [3.8, 4) is 0 Å². The lowest BCUT2D eigenvalue weighted by atomic mass is 10.2. The zero-order valence-electron chi connectivity index (χ0n) is 9.89. The molecule has 0 amide bonds. The highest BCUT2D eigenvalue weighted by Crippen LogP contribution is 2.19. The first kappa shape index (κ1) is 13.4. The molecule has 0 heterocycles. The lowest BCUT2D eigenvalue weighted by Gasteiger charge is -2.04. The van der Waals surface area contributed by atoms with Crippen molar-refractivity contribution in [2.75, 3.05) is 0 Å². The predicted molar refractivity (Wildman–Crippen MR) is 70.7 cm³/mol. The Hall–Kier alpha value is -2.05. The summed E-state index contributed by atoms with van der Waals surface area (Å²) in [4.78, 5) is 10.9. The molecule has 0 saturated heterocycles. The monoisotopic (exact) mass is 277 g/mol. The van der Waals surface area contributed by atoms with Crippen LogP contribution in [-0.2, 0) is 21.9 Å². The van der Waals surface area contributed by atoms with Gasteiger partial charge in [-0.3, -0.25) is 14.3 Å². The van der Waals surface area contributed by atoms with Crippen LogP contribution in [0.4, 0.5) is 5.69 Å². The first-order valence-electron chi connectivity index (χ1n) is 5.51. The number of nitrogens with zero attached hydrogens (tertiary/aromatic N) is 1. The van der Waals surface area contributed by atoms with E-state index in [0.29, 0.717) is 10.5 Å². The quantitative estimate of drug-likeness (QED) is 0.622. The molecule has 0 aliphatic rings. The highest BCUT2D eigenvalue weighted by molar-refractivity contribution is 7.80. The Bertz CT molecular complexity index is 601. The number of hydrogen-bond donors (Lipinski definition) is 0. The fourth-order valence-corrected chi connectivity index (χ4v) is 2.28. The lowest BCUT2D eigenvalue weighted by Crippen LogP contribution is -2.01. The first-order valence-corrected chi connectivity index (χ1v) is 6.58. The Morgan fingerprint density at radius 2 is 1.68 bits per heavy atom. The second-order valence-corrected chi connectivity index (χ2v) is 4.87. The van der Waals surface area contributed by atoms with Crippen molar-refractivity contribution < 1.29 is 13.3 Å². The van der Waals surface area contributed by atoms with Crippen molar-refractivity contribution in [2.24, 2.45) is 0 Å². The molecule has 0 bridgehead atoms. The molecule has 2 rings (SSSR count). The normalized spacial score (nSPS) is 12.0. The van der Waals surface area contributed by atoms with Crippen LogP contribution >= 0.6 is 0 Å². The van der Waals surface area contributed by atoms with Crippen LogP contribution in [0.5, 0.6) is 0 Å². The summed E-state index contributed by atoms with van der Waals surface area (Å²) in [6.45, 7) is -0.0708. The Morgan fingerprint density at radius 1 is 1.05 bits per heavy atom. The van der Waals surface area contributed by atoms with Crippen molar-refractivity contribution in [1.29, 1.82) is 0 Å². The highest BCUT2D eigenvalue weighted by Gasteiger charge is 2.14. The third kappa shape index (κ3) is 3.46. The molecule has 0 saturated carbocycles. The Labute approximate surface area is 112 Å². The Kier molecular flexibility index (Phi) is 4.38. The number of rotatable bonds is 5. The Balaban J connectivity index is 2.07. The van der Waals surface area contributed by atoms with Crippen LogP contribution in [-0.4, -0.2) is 9.13 Å². The molecule has 1 unspecified atom stereocenters. The minimum atomic E-state index is -1.63. The molecular weight excluding hydrogens is 266 g/mol. The molecule has 0 aromatic heterocycles. The molecule has 0 aliphatic heterocycles. The topological polar surface area (TPSA) is 69.4 Å². The summed E-state index contributed by atoms with van der Waals surface area (Å²) in [5.74, 6) is 0. The first-order chi connectivity index (χ1) is 9.18. The van der Waals surface area contributed by atoms with Gasteiger partial charge in [0.15, 0.2) is 11.1 Å². The van der Waals surface area contributed by atoms with Crippen LogP contribution < -0.4 is 0 Å². The molecule has 6 heteroatoms. The summed E-state index contributed by atoms with van der Waals surface area (Å²) in [5, 5.41) is 10.8. The van der Waals surface area contributed by atoms with Crippen LogP contribution in [0.3, 0.4) is 0 Å². The third-order valence-electron chi connectivity index (χ3n) is 2.45. The summed E-state index contributed by atoms with van der Waals surface area (Å²) in [5.41, 5.74) is 0.365. The van der Waals surface area contributed by atoms with E-state index >= 15 is 0 Å². The van der Waals surface area contributed by atoms with Gasteiger partial charge in [0.1, 0.15) is 0 Å². The molecule has 0 fully saturated rings. The number of nitro groups is 1. The molecule has 1 atom stereocenters. The molecule has 0 aliphatic carbocycles. The highest BCUT2D eigenvalue weighted by atomic mass is 32.2. The minimum Gasteiger partial charge on any atom is -0.282 e. The van der Waals surface area contributed by atoms with Gasteiger partial charge in [-0.15, -0.1) is 0 Å². The summed E-state index contributed by atoms with van der Waals surface area (Å²) in [6, 6.07) is 14.9. The van der Waals surface area contributed by atoms with Crippen molar-refractivity contribution in [3.05, 3.63) is 70.3 Å². The van der Waals surface area contributed by atoms with Gasteiger partial charge in [-0.1, -0.05) is 30.3 Å². The fourth-order valence-electron chi connectivity index (χ4n) is 1.53. The van der Waals surface area contributed by atoms with Crippen LogP contribution in [0.1, 0.15) is 5.56 Å². The minimum absolute atomic E-state index is 0.0347. The molecule has 0 radical (unpaired) electrons. The van der Waals surface area contributed by atoms with Gasteiger partial charge in [-0.25, -0.2) is 4.21 Å². The number of hydrogen-bond acceptors (Lipinski definition) is 4. The summed E-state index contributed by atoms with van der Waals surface area (Å²) in [7, 11) is 0. The van der Waals surface area contributed by atoms with Crippen LogP contribution in [0.25, 0.3) is 0 Å². The van der Waals surface area contributed by atoms with E-state index in [1.807, 2.05) is 6.07 Å². The van der Waals surface area contributed by atoms with E-state index in [2.05, 4.69) is 0 Å². The number of para-hydroxylation sites is 1. The van der Waals surface area contributed by atoms with Crippen LogP contribution in [0.15, 0.2) is 59.5 Å². The molecule has 98 valence electrons. The molecule has 0 N–H and O–H groups in total. The predicted octanol–water partition coefficient (Wildman–Crippen LogP) is 2.83. The van der Waals surface area contributed by atoms with E-state index in [0.717, 1.165) is 0 Å². The van der Waals surface area contributed by atoms with Gasteiger partial charge in [0.2, 0.25) is 0 Å². The zero-order valence-corrected chi connectivity index (χ0v) is 10.7. The second-order valence-electron chi connectivity index (χ2n) is 3.70. The van der Waals surface area contributed by atoms with Crippen LogP contribution in [0.2, 0.25) is 0 Å². The molecule has 5 nitrogen and oxygen atoms in total. The molecule has 0 spiro atoms. The largest absolute Gasteiger partial charge is 0.282 e. The van der Waals surface area contributed by atoms with Gasteiger partial charge in [-0.05, 0) is 18.2 Å². The Morgan fingerprint density at radius 3 is 2.37 bits per heavy atom. The molecule has 2 aromatic carbocycles. The van der Waals surface area contributed by atoms with Gasteiger partial charge in [0.25, 0.3) is 5.69 Å². The number of nitro benzene ring substituents is 1. The zero-order chi connectivity index (χ0) is 13.7. The summed E-state index contributed by atoms with van der Waals surface area (Å²) in [6.07, 6.45) is 0. The summed E-state index contributed by atoms with van der Waals surface area (Å²) < 4.78 is 17.0. The number of benzene rings is 2. The van der Waals surface area contributed by atoms with E-state index in [1.165, 1.54) is 6.07 Å². The maximum Gasteiger partial charge on any atom is 0.274 e. The van der Waals surface area contributed by atoms with Crippen LogP contribution in [0, 0.1) is 10.1 Å². The third-order valence-corrected chi connectivity index (χ3v) is 3.43. The maximum absolute atomic E-state index is 11.8. The van der Waals surface area contributed by atoms with Crippen molar-refractivity contribution >= 4 is 16.8 Å². The maximum atomic E-state index is 11.8. The second kappa shape index (κ2) is 6.21. The molecule has 2 aromatic rings. The van der Waals surface area contributed by atoms with E-state index in [9.17, 15) is 14.3 Å². The van der Waals surface area contributed by atoms with Gasteiger partial charge in [0.05, 0.1) is 22.0 Å². The van der Waals surface area contributed by atoms with Gasteiger partial charge in [0, 0.05) is 6.07 Å². The SMILES string of the molecule is O=[N+]([O-])c1ccccc1COS(=O)c1ccccc1. The average molecular weight is 277 g/mol. The van der Waals surface area contributed by atoms with E-state index in [1.54, 1.807) is 42.5 Å². The molecular formula is C13H11NO4S. The van der Waals surface area contributed by atoms with E-state index in [-0.39, 0.29) is 12.3 Å². The van der Waals surface area contributed by atoms with Gasteiger partial charge < -0.3 is 0 Å². The van der Waals surface area contributed by atoms with Crippen molar-refractivity contribution in [1.82, 2.24) is 0 Å². The lowest BCUT2D eigenvalue weighted by molar-refractivity contribution is -0.385. The van der Waals surface area contributed by atoms with E-state index in [4.69, 9.17) is 4.18 Å². The van der Waals surface area contributed by atoms with E-state index < -0.39 is 16.0 Å². The van der Waals surface area contributed by atoms with Gasteiger partial charge >= 0.3 is 0 Å². The summed E-state index contributed by atoms with van der Waals surface area (Å²) >= 11 is -1.63. The van der Waals surface area contributed by atoms with Gasteiger partial charge in [-0.2, -0.15) is 0 Å². The van der Waals surface area contributed by atoms with Crippen molar-refractivity contribution in [3.63, 3.8) is 0 Å². The fraction of sp³-hybridized carbons (Fsp3) is 0.0769. The van der Waals surface area contributed by atoms with Crippen molar-refractivity contribution in [2.45, 2.75) is 11.5 Å².